The predicted molar refractivity (Wildman–Crippen MR) is 104 cm³/mol. The molecule has 0 aliphatic heterocycles. The van der Waals surface area contributed by atoms with Gasteiger partial charge >= 0.3 is 0 Å². The van der Waals surface area contributed by atoms with Gasteiger partial charge in [0, 0.05) is 16.7 Å². The van der Waals surface area contributed by atoms with Crippen molar-refractivity contribution in [1.29, 1.82) is 0 Å². The zero-order valence-corrected chi connectivity index (χ0v) is 16.2. The summed E-state index contributed by atoms with van der Waals surface area (Å²) >= 11 is 2.80. The first-order chi connectivity index (χ1) is 12.5. The molecule has 9 heteroatoms. The summed E-state index contributed by atoms with van der Waals surface area (Å²) in [7, 11) is -3.65. The smallest absolute Gasteiger partial charge is 0.263 e. The number of hydrogen-bond acceptors (Lipinski definition) is 6. The molecule has 0 unspecified atom stereocenters. The van der Waals surface area contributed by atoms with Crippen LogP contribution >= 0.6 is 22.7 Å². The highest BCUT2D eigenvalue weighted by atomic mass is 32.2. The van der Waals surface area contributed by atoms with E-state index in [1.807, 2.05) is 17.5 Å². The molecule has 1 aromatic carbocycles. The summed E-state index contributed by atoms with van der Waals surface area (Å²) < 4.78 is 27.0. The molecule has 2 aromatic heterocycles. The van der Waals surface area contributed by atoms with E-state index in [-0.39, 0.29) is 10.8 Å². The molecule has 0 spiro atoms. The van der Waals surface area contributed by atoms with Crippen molar-refractivity contribution >= 4 is 43.7 Å². The van der Waals surface area contributed by atoms with Crippen LogP contribution in [0.4, 0.5) is 5.13 Å². The largest absolute Gasteiger partial charge is 0.351 e. The summed E-state index contributed by atoms with van der Waals surface area (Å²) in [5.74, 6) is -0.0576. The van der Waals surface area contributed by atoms with Crippen molar-refractivity contribution in [1.82, 2.24) is 10.3 Å². The molecule has 0 atom stereocenters. The van der Waals surface area contributed by atoms with Crippen LogP contribution in [0.2, 0.25) is 0 Å². The summed E-state index contributed by atoms with van der Waals surface area (Å²) in [4.78, 5) is 17.4. The Kier molecular flexibility index (Phi) is 6.02. The molecule has 26 heavy (non-hydrogen) atoms. The van der Waals surface area contributed by atoms with Gasteiger partial charge in [-0.15, -0.1) is 22.7 Å². The Morgan fingerprint density at radius 1 is 1.08 bits per heavy atom. The third-order valence-corrected chi connectivity index (χ3v) is 6.64. The van der Waals surface area contributed by atoms with E-state index in [2.05, 4.69) is 15.0 Å². The Balaban J connectivity index is 1.51. The van der Waals surface area contributed by atoms with Crippen LogP contribution in [0.25, 0.3) is 0 Å². The van der Waals surface area contributed by atoms with Crippen molar-refractivity contribution in [3.63, 3.8) is 0 Å². The number of benzene rings is 1. The Morgan fingerprint density at radius 3 is 2.62 bits per heavy atom. The summed E-state index contributed by atoms with van der Waals surface area (Å²) in [5, 5.41) is 6.88. The molecule has 0 radical (unpaired) electrons. The van der Waals surface area contributed by atoms with E-state index in [4.69, 9.17) is 0 Å². The van der Waals surface area contributed by atoms with E-state index in [0.29, 0.717) is 30.2 Å². The molecule has 0 saturated carbocycles. The van der Waals surface area contributed by atoms with Gasteiger partial charge in [0.15, 0.2) is 5.13 Å². The molecular formula is C17H17N3O3S3. The highest BCUT2D eigenvalue weighted by Gasteiger charge is 2.15. The predicted octanol–water partition coefficient (Wildman–Crippen LogP) is 3.25. The second-order valence-corrected chi connectivity index (χ2v) is 8.99. The number of amides is 1. The van der Waals surface area contributed by atoms with Crippen LogP contribution in [0.1, 0.15) is 17.0 Å². The number of rotatable bonds is 8. The quantitative estimate of drug-likeness (QED) is 0.600. The Morgan fingerprint density at radius 2 is 1.88 bits per heavy atom. The van der Waals surface area contributed by atoms with Crippen LogP contribution in [0, 0.1) is 0 Å². The van der Waals surface area contributed by atoms with Crippen molar-refractivity contribution in [3.8, 4) is 0 Å². The molecule has 0 aliphatic carbocycles. The number of anilines is 1. The van der Waals surface area contributed by atoms with Gasteiger partial charge in [0.2, 0.25) is 5.91 Å². The molecule has 0 saturated heterocycles. The number of aromatic nitrogens is 1. The van der Waals surface area contributed by atoms with E-state index < -0.39 is 10.0 Å². The lowest BCUT2D eigenvalue weighted by molar-refractivity contribution is -0.121. The molecule has 6 nitrogen and oxygen atoms in total. The fourth-order valence-corrected chi connectivity index (χ4v) is 4.83. The number of aryl methyl sites for hydroxylation is 1. The second-order valence-electron chi connectivity index (χ2n) is 5.42. The molecule has 2 N–H and O–H groups in total. The number of carbonyl (C=O) groups is 1. The zero-order valence-electron chi connectivity index (χ0n) is 13.7. The fraction of sp³-hybridized carbons (Fsp3) is 0.176. The van der Waals surface area contributed by atoms with Gasteiger partial charge in [0.1, 0.15) is 0 Å². The van der Waals surface area contributed by atoms with Crippen molar-refractivity contribution in [3.05, 3.63) is 63.8 Å². The van der Waals surface area contributed by atoms with Gasteiger partial charge in [-0.25, -0.2) is 13.4 Å². The molecule has 1 amide bonds. The van der Waals surface area contributed by atoms with Gasteiger partial charge in [0.25, 0.3) is 10.0 Å². The monoisotopic (exact) mass is 407 g/mol. The normalized spacial score (nSPS) is 11.2. The van der Waals surface area contributed by atoms with Gasteiger partial charge in [-0.05, 0) is 30.0 Å². The number of carbonyl (C=O) groups excluding carboxylic acids is 1. The average Bonchev–Trinajstić information content (AvgIpc) is 3.30. The molecule has 3 rings (SSSR count). The molecule has 0 aliphatic rings. The topological polar surface area (TPSA) is 88.2 Å². The minimum absolute atomic E-state index is 0.0576. The van der Waals surface area contributed by atoms with Crippen LogP contribution in [-0.4, -0.2) is 19.3 Å². The van der Waals surface area contributed by atoms with Crippen molar-refractivity contribution < 1.29 is 13.2 Å². The maximum atomic E-state index is 12.3. The SMILES string of the molecule is O=C(CCc1csc(NS(=O)(=O)c2ccccc2)n1)NCc1cccs1. The number of thiophene rings is 1. The maximum absolute atomic E-state index is 12.3. The van der Waals surface area contributed by atoms with Gasteiger partial charge in [0.05, 0.1) is 17.1 Å². The first kappa shape index (κ1) is 18.6. The summed E-state index contributed by atoms with van der Waals surface area (Å²) in [6.45, 7) is 0.524. The maximum Gasteiger partial charge on any atom is 0.263 e. The fourth-order valence-electron chi connectivity index (χ4n) is 2.17. The van der Waals surface area contributed by atoms with E-state index >= 15 is 0 Å². The Hall–Kier alpha value is -2.23. The number of hydrogen-bond donors (Lipinski definition) is 2. The van der Waals surface area contributed by atoms with Crippen molar-refractivity contribution in [2.75, 3.05) is 4.72 Å². The van der Waals surface area contributed by atoms with E-state index in [1.54, 1.807) is 34.9 Å². The van der Waals surface area contributed by atoms with Gasteiger partial charge < -0.3 is 5.32 Å². The van der Waals surface area contributed by atoms with E-state index in [9.17, 15) is 13.2 Å². The second kappa shape index (κ2) is 8.43. The highest BCUT2D eigenvalue weighted by molar-refractivity contribution is 7.93. The van der Waals surface area contributed by atoms with Crippen LogP contribution < -0.4 is 10.0 Å². The van der Waals surface area contributed by atoms with Gasteiger partial charge in [-0.3, -0.25) is 9.52 Å². The third-order valence-electron chi connectivity index (χ3n) is 3.48. The molecule has 0 bridgehead atoms. The summed E-state index contributed by atoms with van der Waals surface area (Å²) in [6, 6.07) is 12.0. The van der Waals surface area contributed by atoms with Crippen LogP contribution in [0.3, 0.4) is 0 Å². The summed E-state index contributed by atoms with van der Waals surface area (Å²) in [5.41, 5.74) is 0.687. The first-order valence-electron chi connectivity index (χ1n) is 7.84. The lowest BCUT2D eigenvalue weighted by Crippen LogP contribution is -2.22. The molecular weight excluding hydrogens is 390 g/mol. The number of nitrogens with zero attached hydrogens (tertiary/aromatic N) is 1. The molecule has 0 fully saturated rings. The third kappa shape index (κ3) is 5.13. The van der Waals surface area contributed by atoms with E-state index in [1.165, 1.54) is 23.5 Å². The minimum Gasteiger partial charge on any atom is -0.351 e. The van der Waals surface area contributed by atoms with Crippen LogP contribution in [0.5, 0.6) is 0 Å². The van der Waals surface area contributed by atoms with Crippen LogP contribution in [0.15, 0.2) is 58.1 Å². The number of thiazole rings is 1. The Labute approximate surface area is 160 Å². The lowest BCUT2D eigenvalue weighted by atomic mass is 10.2. The van der Waals surface area contributed by atoms with Gasteiger partial charge in [-0.1, -0.05) is 24.3 Å². The average molecular weight is 408 g/mol. The lowest BCUT2D eigenvalue weighted by Gasteiger charge is -2.04. The molecule has 2 heterocycles. The zero-order chi connectivity index (χ0) is 18.4. The minimum atomic E-state index is -3.65. The summed E-state index contributed by atoms with van der Waals surface area (Å²) in [6.07, 6.45) is 0.764. The molecule has 136 valence electrons. The van der Waals surface area contributed by atoms with Gasteiger partial charge in [-0.2, -0.15) is 0 Å². The standard InChI is InChI=1S/C17H17N3O3S3/c21-16(18-11-14-5-4-10-24-14)9-8-13-12-25-17(19-13)20-26(22,23)15-6-2-1-3-7-15/h1-7,10,12H,8-9,11H2,(H,18,21)(H,19,20). The van der Waals surface area contributed by atoms with Crippen molar-refractivity contribution in [2.45, 2.75) is 24.3 Å². The highest BCUT2D eigenvalue weighted by Crippen LogP contribution is 2.20. The molecule has 3 aromatic rings. The Bertz CT molecular complexity index is 952. The van der Waals surface area contributed by atoms with Crippen molar-refractivity contribution in [2.24, 2.45) is 0 Å². The van der Waals surface area contributed by atoms with E-state index in [0.717, 1.165) is 4.88 Å². The van der Waals surface area contributed by atoms with Crippen LogP contribution in [-0.2, 0) is 27.8 Å². The number of sulfonamides is 1. The first-order valence-corrected chi connectivity index (χ1v) is 11.1. The number of nitrogens with one attached hydrogen (secondary N) is 2.